The van der Waals surface area contributed by atoms with Gasteiger partial charge >= 0.3 is 0 Å². The molecule has 1 aromatic rings. The number of hydrogen-bond acceptors (Lipinski definition) is 3. The van der Waals surface area contributed by atoms with Crippen molar-refractivity contribution in [1.29, 1.82) is 0 Å². The number of nitrogens with zero attached hydrogens (tertiary/aromatic N) is 1. The van der Waals surface area contributed by atoms with Crippen LogP contribution in [0.25, 0.3) is 0 Å². The molecule has 20 heavy (non-hydrogen) atoms. The largest absolute Gasteiger partial charge is 0.377 e. The Balaban J connectivity index is 1.92. The second-order valence-corrected chi connectivity index (χ2v) is 5.50. The van der Waals surface area contributed by atoms with E-state index in [0.29, 0.717) is 11.7 Å². The Morgan fingerprint density at radius 2 is 2.30 bits per heavy atom. The Hall–Kier alpha value is -0.970. The molecule has 0 spiro atoms. The monoisotopic (exact) mass is 280 g/mol. The SMILES string of the molecule is CCCOC1CCCN(Cc2ccc(F)c(CN)c2)C1. The number of hydrogen-bond donors (Lipinski definition) is 1. The lowest BCUT2D eigenvalue weighted by atomic mass is 10.1. The maximum atomic E-state index is 13.4. The summed E-state index contributed by atoms with van der Waals surface area (Å²) in [7, 11) is 0. The minimum absolute atomic E-state index is 0.209. The molecule has 2 N–H and O–H groups in total. The standard InChI is InChI=1S/C16H25FN2O/c1-2-8-20-15-4-3-7-19(12-15)11-13-5-6-16(17)14(9-13)10-18/h5-6,9,15H,2-4,7-8,10-12,18H2,1H3. The first-order valence-corrected chi connectivity index (χ1v) is 7.54. The molecule has 1 fully saturated rings. The van der Waals surface area contributed by atoms with Crippen LogP contribution < -0.4 is 5.73 Å². The lowest BCUT2D eigenvalue weighted by molar-refractivity contribution is -0.00223. The van der Waals surface area contributed by atoms with Crippen molar-refractivity contribution in [3.05, 3.63) is 35.1 Å². The number of benzene rings is 1. The molecule has 0 saturated carbocycles. The van der Waals surface area contributed by atoms with Crippen LogP contribution in [0.1, 0.15) is 37.3 Å². The Labute approximate surface area is 120 Å². The van der Waals surface area contributed by atoms with Crippen LogP contribution in [-0.2, 0) is 17.8 Å². The van der Waals surface area contributed by atoms with E-state index in [1.165, 1.54) is 12.5 Å². The molecule has 0 radical (unpaired) electrons. The van der Waals surface area contributed by atoms with Gasteiger partial charge in [-0.15, -0.1) is 0 Å². The maximum Gasteiger partial charge on any atom is 0.127 e. The van der Waals surface area contributed by atoms with E-state index >= 15 is 0 Å². The molecule has 3 nitrogen and oxygen atoms in total. The summed E-state index contributed by atoms with van der Waals surface area (Å²) in [6, 6.07) is 5.25. The van der Waals surface area contributed by atoms with Crippen molar-refractivity contribution in [2.24, 2.45) is 5.73 Å². The lowest BCUT2D eigenvalue weighted by Gasteiger charge is -2.32. The third kappa shape index (κ3) is 4.27. The summed E-state index contributed by atoms with van der Waals surface area (Å²) in [4.78, 5) is 2.39. The smallest absolute Gasteiger partial charge is 0.127 e. The zero-order valence-electron chi connectivity index (χ0n) is 12.3. The molecule has 1 atom stereocenters. The second kappa shape index (κ2) is 7.72. The van der Waals surface area contributed by atoms with Gasteiger partial charge in [0.25, 0.3) is 0 Å². The fourth-order valence-corrected chi connectivity index (χ4v) is 2.72. The average Bonchev–Trinajstić information content (AvgIpc) is 2.47. The fourth-order valence-electron chi connectivity index (χ4n) is 2.72. The molecule has 1 heterocycles. The Kier molecular flexibility index (Phi) is 5.95. The van der Waals surface area contributed by atoms with Gasteiger partial charge in [0, 0.05) is 31.8 Å². The number of nitrogens with two attached hydrogens (primary N) is 1. The van der Waals surface area contributed by atoms with Crippen LogP contribution in [0.4, 0.5) is 4.39 Å². The van der Waals surface area contributed by atoms with Crippen molar-refractivity contribution < 1.29 is 9.13 Å². The molecule has 4 heteroatoms. The molecule has 1 aromatic carbocycles. The van der Waals surface area contributed by atoms with Crippen molar-refractivity contribution >= 4 is 0 Å². The van der Waals surface area contributed by atoms with Crippen molar-refractivity contribution in [2.45, 2.75) is 45.4 Å². The topological polar surface area (TPSA) is 38.5 Å². The molecule has 1 aliphatic rings. The summed E-state index contributed by atoms with van der Waals surface area (Å²) in [5.41, 5.74) is 7.28. The fraction of sp³-hybridized carbons (Fsp3) is 0.625. The molecule has 1 unspecified atom stereocenters. The van der Waals surface area contributed by atoms with E-state index in [0.717, 1.165) is 44.6 Å². The van der Waals surface area contributed by atoms with Crippen LogP contribution in [0.15, 0.2) is 18.2 Å². The number of ether oxygens (including phenoxy) is 1. The van der Waals surface area contributed by atoms with Crippen molar-refractivity contribution in [2.75, 3.05) is 19.7 Å². The van der Waals surface area contributed by atoms with Crippen molar-refractivity contribution in [3.63, 3.8) is 0 Å². The molecular formula is C16H25FN2O. The van der Waals surface area contributed by atoms with Gasteiger partial charge in [0.2, 0.25) is 0 Å². The van der Waals surface area contributed by atoms with Crippen LogP contribution in [0.3, 0.4) is 0 Å². The predicted octanol–water partition coefficient (Wildman–Crippen LogP) is 2.68. The van der Waals surface area contributed by atoms with Crippen LogP contribution in [0.2, 0.25) is 0 Å². The van der Waals surface area contributed by atoms with Crippen LogP contribution >= 0.6 is 0 Å². The van der Waals surface area contributed by atoms with E-state index < -0.39 is 0 Å². The molecule has 0 bridgehead atoms. The van der Waals surface area contributed by atoms with E-state index in [2.05, 4.69) is 11.8 Å². The molecule has 0 aliphatic carbocycles. The molecule has 1 saturated heterocycles. The summed E-state index contributed by atoms with van der Waals surface area (Å²) in [6.45, 7) is 6.12. The summed E-state index contributed by atoms with van der Waals surface area (Å²) >= 11 is 0. The predicted molar refractivity (Wildman–Crippen MR) is 78.8 cm³/mol. The molecule has 2 rings (SSSR count). The van der Waals surface area contributed by atoms with Crippen molar-refractivity contribution in [3.8, 4) is 0 Å². The van der Waals surface area contributed by atoms with Crippen LogP contribution in [-0.4, -0.2) is 30.7 Å². The van der Waals surface area contributed by atoms with Gasteiger partial charge in [-0.05, 0) is 37.4 Å². The summed E-state index contributed by atoms with van der Waals surface area (Å²) in [5.74, 6) is -0.209. The number of likely N-dealkylation sites (tertiary alicyclic amines) is 1. The highest BCUT2D eigenvalue weighted by Gasteiger charge is 2.20. The number of halogens is 1. The first-order chi connectivity index (χ1) is 9.72. The number of rotatable bonds is 6. The van der Waals surface area contributed by atoms with Gasteiger partial charge in [-0.1, -0.05) is 19.1 Å². The third-order valence-corrected chi connectivity index (χ3v) is 3.76. The highest BCUT2D eigenvalue weighted by Crippen LogP contribution is 2.18. The molecule has 0 aromatic heterocycles. The summed E-state index contributed by atoms with van der Waals surface area (Å²) < 4.78 is 19.3. The lowest BCUT2D eigenvalue weighted by Crippen LogP contribution is -2.39. The first-order valence-electron chi connectivity index (χ1n) is 7.54. The highest BCUT2D eigenvalue weighted by molar-refractivity contribution is 5.25. The number of piperidine rings is 1. The molecular weight excluding hydrogens is 255 g/mol. The van der Waals surface area contributed by atoms with E-state index in [4.69, 9.17) is 10.5 Å². The first kappa shape index (κ1) is 15.4. The van der Waals surface area contributed by atoms with Crippen LogP contribution in [0.5, 0.6) is 0 Å². The molecule has 1 aliphatic heterocycles. The highest BCUT2D eigenvalue weighted by atomic mass is 19.1. The quantitative estimate of drug-likeness (QED) is 0.870. The van der Waals surface area contributed by atoms with Gasteiger partial charge in [-0.25, -0.2) is 4.39 Å². The Bertz CT molecular complexity index is 425. The summed E-state index contributed by atoms with van der Waals surface area (Å²) in [5, 5.41) is 0. The normalized spacial score (nSPS) is 20.2. The van der Waals surface area contributed by atoms with E-state index in [-0.39, 0.29) is 12.4 Å². The Morgan fingerprint density at radius 1 is 1.45 bits per heavy atom. The maximum absolute atomic E-state index is 13.4. The van der Waals surface area contributed by atoms with Gasteiger partial charge in [-0.3, -0.25) is 4.90 Å². The van der Waals surface area contributed by atoms with E-state index in [1.54, 1.807) is 0 Å². The van der Waals surface area contributed by atoms with E-state index in [1.807, 2.05) is 12.1 Å². The average molecular weight is 280 g/mol. The van der Waals surface area contributed by atoms with Gasteiger partial charge in [0.1, 0.15) is 5.82 Å². The van der Waals surface area contributed by atoms with Crippen LogP contribution in [0, 0.1) is 5.82 Å². The zero-order valence-corrected chi connectivity index (χ0v) is 12.3. The van der Waals surface area contributed by atoms with Gasteiger partial charge < -0.3 is 10.5 Å². The van der Waals surface area contributed by atoms with Gasteiger partial charge in [0.05, 0.1) is 6.10 Å². The zero-order chi connectivity index (χ0) is 14.4. The second-order valence-electron chi connectivity index (χ2n) is 5.50. The Morgan fingerprint density at radius 3 is 3.05 bits per heavy atom. The minimum Gasteiger partial charge on any atom is -0.377 e. The minimum atomic E-state index is -0.209. The summed E-state index contributed by atoms with van der Waals surface area (Å²) in [6.07, 6.45) is 3.72. The van der Waals surface area contributed by atoms with Gasteiger partial charge in [-0.2, -0.15) is 0 Å². The molecule has 112 valence electrons. The molecule has 0 amide bonds. The van der Waals surface area contributed by atoms with Gasteiger partial charge in [0.15, 0.2) is 0 Å². The third-order valence-electron chi connectivity index (χ3n) is 3.76. The van der Waals surface area contributed by atoms with Crippen molar-refractivity contribution in [1.82, 2.24) is 4.90 Å². The van der Waals surface area contributed by atoms with E-state index in [9.17, 15) is 4.39 Å².